The molecule has 0 fully saturated rings. The van der Waals surface area contributed by atoms with E-state index in [4.69, 9.17) is 0 Å². The third kappa shape index (κ3) is 4.98. The van der Waals surface area contributed by atoms with Gasteiger partial charge in [-0.25, -0.2) is 4.98 Å². The summed E-state index contributed by atoms with van der Waals surface area (Å²) in [5.41, 5.74) is -2.03. The number of rotatable bonds is 6. The zero-order valence-corrected chi connectivity index (χ0v) is 14.1. The van der Waals surface area contributed by atoms with Crippen LogP contribution in [0.1, 0.15) is 12.5 Å². The van der Waals surface area contributed by atoms with E-state index in [0.29, 0.717) is 0 Å². The SMILES string of the molecule is CCN(c1ncc(C(F)(F)F)c(OCC(F)(F)F)n1)c1ccccc1[N+](=O)[O-]. The normalized spacial score (nSPS) is 12.0. The number of nitro groups is 1. The first-order valence-corrected chi connectivity index (χ1v) is 7.58. The molecule has 1 aromatic carbocycles. The van der Waals surface area contributed by atoms with Gasteiger partial charge in [0.15, 0.2) is 6.61 Å². The summed E-state index contributed by atoms with van der Waals surface area (Å²) < 4.78 is 80.4. The summed E-state index contributed by atoms with van der Waals surface area (Å²) >= 11 is 0. The van der Waals surface area contributed by atoms with Crippen molar-refractivity contribution in [2.75, 3.05) is 18.1 Å². The molecule has 0 radical (unpaired) electrons. The number of alkyl halides is 6. The van der Waals surface area contributed by atoms with Crippen LogP contribution in [0, 0.1) is 10.1 Å². The molecule has 0 N–H and O–H groups in total. The molecule has 2 rings (SSSR count). The monoisotopic (exact) mass is 410 g/mol. The van der Waals surface area contributed by atoms with E-state index in [-0.39, 0.29) is 24.1 Å². The van der Waals surface area contributed by atoms with Gasteiger partial charge in [-0.05, 0) is 13.0 Å². The largest absolute Gasteiger partial charge is 0.467 e. The summed E-state index contributed by atoms with van der Waals surface area (Å²) in [5.74, 6) is -1.81. The van der Waals surface area contributed by atoms with Gasteiger partial charge >= 0.3 is 12.4 Å². The van der Waals surface area contributed by atoms with Crippen LogP contribution >= 0.6 is 0 Å². The minimum Gasteiger partial charge on any atom is -0.467 e. The van der Waals surface area contributed by atoms with Crippen LogP contribution in [0.2, 0.25) is 0 Å². The third-order valence-electron chi connectivity index (χ3n) is 3.35. The van der Waals surface area contributed by atoms with Gasteiger partial charge in [0, 0.05) is 18.8 Å². The molecule has 13 heteroatoms. The molecule has 7 nitrogen and oxygen atoms in total. The molecule has 1 aromatic heterocycles. The number of hydrogen-bond donors (Lipinski definition) is 0. The minimum absolute atomic E-state index is 0.0189. The Kier molecular flexibility index (Phi) is 5.95. The molecule has 0 aliphatic carbocycles. The minimum atomic E-state index is -5.06. The van der Waals surface area contributed by atoms with Crippen molar-refractivity contribution in [2.24, 2.45) is 0 Å². The van der Waals surface area contributed by atoms with Crippen LogP contribution in [-0.2, 0) is 6.18 Å². The molecule has 0 spiro atoms. The predicted molar refractivity (Wildman–Crippen MR) is 84.4 cm³/mol. The maximum Gasteiger partial charge on any atom is 0.423 e. The average Bonchev–Trinajstić information content (AvgIpc) is 2.59. The molecule has 0 atom stereocenters. The van der Waals surface area contributed by atoms with Gasteiger partial charge in [-0.3, -0.25) is 10.1 Å². The van der Waals surface area contributed by atoms with Crippen molar-refractivity contribution in [1.29, 1.82) is 0 Å². The highest BCUT2D eigenvalue weighted by atomic mass is 19.4. The fraction of sp³-hybridized carbons (Fsp3) is 0.333. The molecule has 0 saturated carbocycles. The lowest BCUT2D eigenvalue weighted by Crippen LogP contribution is -2.24. The fourth-order valence-electron chi connectivity index (χ4n) is 2.21. The van der Waals surface area contributed by atoms with Crippen molar-refractivity contribution in [1.82, 2.24) is 9.97 Å². The molecule has 152 valence electrons. The Morgan fingerprint density at radius 1 is 1.18 bits per heavy atom. The van der Waals surface area contributed by atoms with Crippen molar-refractivity contribution in [3.05, 3.63) is 46.1 Å². The maximum atomic E-state index is 13.0. The summed E-state index contributed by atoms with van der Waals surface area (Å²) in [6.07, 6.45) is -9.68. The van der Waals surface area contributed by atoms with E-state index in [1.807, 2.05) is 0 Å². The summed E-state index contributed by atoms with van der Waals surface area (Å²) in [5, 5.41) is 11.2. The van der Waals surface area contributed by atoms with E-state index < -0.39 is 41.3 Å². The molecular weight excluding hydrogens is 398 g/mol. The van der Waals surface area contributed by atoms with Crippen molar-refractivity contribution >= 4 is 17.3 Å². The fourth-order valence-corrected chi connectivity index (χ4v) is 2.21. The molecule has 2 aromatic rings. The first-order chi connectivity index (χ1) is 12.9. The average molecular weight is 410 g/mol. The Morgan fingerprint density at radius 3 is 2.36 bits per heavy atom. The lowest BCUT2D eigenvalue weighted by atomic mass is 10.2. The zero-order valence-electron chi connectivity index (χ0n) is 14.1. The van der Waals surface area contributed by atoms with Gasteiger partial charge in [-0.1, -0.05) is 12.1 Å². The number of hydrogen-bond acceptors (Lipinski definition) is 6. The van der Waals surface area contributed by atoms with E-state index in [9.17, 15) is 36.5 Å². The molecule has 1 heterocycles. The highest BCUT2D eigenvalue weighted by Crippen LogP contribution is 2.38. The quantitative estimate of drug-likeness (QED) is 0.396. The van der Waals surface area contributed by atoms with Crippen molar-refractivity contribution in [2.45, 2.75) is 19.3 Å². The van der Waals surface area contributed by atoms with E-state index in [2.05, 4.69) is 14.7 Å². The molecule has 0 unspecified atom stereocenters. The van der Waals surface area contributed by atoms with E-state index >= 15 is 0 Å². The van der Waals surface area contributed by atoms with Gasteiger partial charge in [0.1, 0.15) is 11.3 Å². The smallest absolute Gasteiger partial charge is 0.423 e. The Bertz CT molecular complexity index is 856. The van der Waals surface area contributed by atoms with E-state index in [1.54, 1.807) is 0 Å². The number of nitrogens with zero attached hydrogens (tertiary/aromatic N) is 4. The Hall–Kier alpha value is -3.12. The molecular formula is C15H12F6N4O3. The molecule has 0 aliphatic heterocycles. The molecule has 0 bridgehead atoms. The number of benzene rings is 1. The van der Waals surface area contributed by atoms with Crippen LogP contribution in [0.5, 0.6) is 5.88 Å². The zero-order chi connectivity index (χ0) is 21.1. The topological polar surface area (TPSA) is 81.4 Å². The predicted octanol–water partition coefficient (Wildman–Crippen LogP) is 4.50. The molecule has 28 heavy (non-hydrogen) atoms. The number of para-hydroxylation sites is 2. The molecule has 0 saturated heterocycles. The lowest BCUT2D eigenvalue weighted by molar-refractivity contribution is -0.384. The van der Waals surface area contributed by atoms with Gasteiger partial charge in [0.05, 0.1) is 4.92 Å². The second kappa shape index (κ2) is 7.86. The Balaban J connectivity index is 2.54. The Morgan fingerprint density at radius 2 is 1.82 bits per heavy atom. The van der Waals surface area contributed by atoms with Crippen molar-refractivity contribution in [3.63, 3.8) is 0 Å². The molecule has 0 aliphatic rings. The second-order valence-corrected chi connectivity index (χ2v) is 5.28. The van der Waals surface area contributed by atoms with Crippen LogP contribution in [0.3, 0.4) is 0 Å². The first kappa shape index (κ1) is 21.2. The van der Waals surface area contributed by atoms with Gasteiger partial charge in [-0.2, -0.15) is 31.3 Å². The van der Waals surface area contributed by atoms with Crippen LogP contribution in [0.25, 0.3) is 0 Å². The van der Waals surface area contributed by atoms with Gasteiger partial charge in [0.25, 0.3) is 5.69 Å². The van der Waals surface area contributed by atoms with Gasteiger partial charge in [0.2, 0.25) is 11.8 Å². The highest BCUT2D eigenvalue weighted by Gasteiger charge is 2.38. The standard InChI is InChI=1S/C15H12F6N4O3/c1-2-24(10-5-3-4-6-11(10)25(26)27)13-22-7-9(15(19,20)21)12(23-13)28-8-14(16,17)18/h3-7H,2,8H2,1H3. The summed E-state index contributed by atoms with van der Waals surface area (Å²) in [7, 11) is 0. The number of nitro benzene ring substituents is 1. The number of ether oxygens (including phenoxy) is 1. The van der Waals surface area contributed by atoms with Crippen LogP contribution in [-0.4, -0.2) is 34.2 Å². The summed E-state index contributed by atoms with van der Waals surface area (Å²) in [6.45, 7) is -0.507. The lowest BCUT2D eigenvalue weighted by Gasteiger charge is -2.22. The number of aromatic nitrogens is 2. The van der Waals surface area contributed by atoms with Gasteiger partial charge < -0.3 is 9.64 Å². The second-order valence-electron chi connectivity index (χ2n) is 5.28. The molecule has 0 amide bonds. The first-order valence-electron chi connectivity index (χ1n) is 7.58. The summed E-state index contributed by atoms with van der Waals surface area (Å²) in [4.78, 5) is 18.5. The van der Waals surface area contributed by atoms with Gasteiger partial charge in [-0.15, -0.1) is 0 Å². The van der Waals surface area contributed by atoms with E-state index in [1.165, 1.54) is 25.1 Å². The number of anilines is 2. The maximum absolute atomic E-state index is 13.0. The van der Waals surface area contributed by atoms with Crippen LogP contribution < -0.4 is 9.64 Å². The highest BCUT2D eigenvalue weighted by molar-refractivity contribution is 5.69. The Labute approximate surface area is 153 Å². The number of halogens is 6. The van der Waals surface area contributed by atoms with E-state index in [0.717, 1.165) is 11.0 Å². The van der Waals surface area contributed by atoms with Crippen LogP contribution in [0.15, 0.2) is 30.5 Å². The van der Waals surface area contributed by atoms with Crippen molar-refractivity contribution < 1.29 is 36.0 Å². The van der Waals surface area contributed by atoms with Crippen LogP contribution in [0.4, 0.5) is 43.7 Å². The summed E-state index contributed by atoms with van der Waals surface area (Å²) in [6, 6.07) is 5.28. The van der Waals surface area contributed by atoms with Crippen molar-refractivity contribution in [3.8, 4) is 5.88 Å². The third-order valence-corrected chi connectivity index (χ3v) is 3.35.